The fourth-order valence-corrected chi connectivity index (χ4v) is 1.59. The number of carbonyl (C=O) groups is 1. The van der Waals surface area contributed by atoms with Gasteiger partial charge in [-0.05, 0) is 18.2 Å². The van der Waals surface area contributed by atoms with Crippen LogP contribution in [-0.2, 0) is 0 Å². The fourth-order valence-electron chi connectivity index (χ4n) is 1.59. The van der Waals surface area contributed by atoms with E-state index in [2.05, 4.69) is 10.1 Å². The van der Waals surface area contributed by atoms with Crippen LogP contribution in [0.15, 0.2) is 24.5 Å². The maximum Gasteiger partial charge on any atom is 0.255 e. The molecule has 2 aromatic rings. The van der Waals surface area contributed by atoms with E-state index in [1.807, 2.05) is 6.07 Å². The molecule has 0 atom stereocenters. The van der Waals surface area contributed by atoms with E-state index < -0.39 is 0 Å². The second-order valence-corrected chi connectivity index (χ2v) is 4.10. The first-order valence-electron chi connectivity index (χ1n) is 5.46. The number of hydrogen-bond donors (Lipinski definition) is 1. The van der Waals surface area contributed by atoms with Gasteiger partial charge in [-0.1, -0.05) is 0 Å². The number of nitrogens with zero attached hydrogens (tertiary/aromatic N) is 5. The smallest absolute Gasteiger partial charge is 0.255 e. The minimum absolute atomic E-state index is 0.0330. The van der Waals surface area contributed by atoms with Crippen molar-refractivity contribution in [1.82, 2.24) is 19.7 Å². The summed E-state index contributed by atoms with van der Waals surface area (Å²) in [7, 11) is 3.31. The van der Waals surface area contributed by atoms with Crippen LogP contribution in [0.3, 0.4) is 0 Å². The van der Waals surface area contributed by atoms with E-state index in [0.29, 0.717) is 16.9 Å². The lowest BCUT2D eigenvalue weighted by molar-refractivity contribution is 0.0827. The molecular weight excluding hydrogens is 244 g/mol. The molecule has 1 heterocycles. The molecule has 19 heavy (non-hydrogen) atoms. The highest BCUT2D eigenvalue weighted by Gasteiger charge is 2.16. The Morgan fingerprint density at radius 2 is 2.21 bits per heavy atom. The average Bonchev–Trinajstić information content (AvgIpc) is 2.86. The van der Waals surface area contributed by atoms with Crippen LogP contribution in [0.1, 0.15) is 16.2 Å². The van der Waals surface area contributed by atoms with Gasteiger partial charge in [0.25, 0.3) is 11.7 Å². The van der Waals surface area contributed by atoms with Crippen LogP contribution in [0.25, 0.3) is 5.69 Å². The van der Waals surface area contributed by atoms with E-state index in [1.165, 1.54) is 15.9 Å². The average molecular weight is 256 g/mol. The molecule has 0 bridgehead atoms. The molecule has 1 aromatic heterocycles. The second kappa shape index (κ2) is 4.78. The molecule has 1 aromatic carbocycles. The number of nitrogens with two attached hydrogens (primary N) is 1. The van der Waals surface area contributed by atoms with Crippen LogP contribution in [-0.4, -0.2) is 39.7 Å². The first-order chi connectivity index (χ1) is 9.02. The van der Waals surface area contributed by atoms with Crippen LogP contribution in [0.4, 0.5) is 5.69 Å². The number of nitrogen functional groups attached to an aromatic ring is 1. The minimum atomic E-state index is -0.177. The van der Waals surface area contributed by atoms with E-state index in [1.54, 1.807) is 32.3 Å². The summed E-state index contributed by atoms with van der Waals surface area (Å²) in [5.41, 5.74) is 7.16. The van der Waals surface area contributed by atoms with Crippen molar-refractivity contribution in [2.24, 2.45) is 0 Å². The zero-order valence-corrected chi connectivity index (χ0v) is 10.5. The number of anilines is 1. The van der Waals surface area contributed by atoms with E-state index in [-0.39, 0.29) is 11.7 Å². The highest BCUT2D eigenvalue weighted by atomic mass is 16.2. The van der Waals surface area contributed by atoms with Gasteiger partial charge in [0.05, 0.1) is 11.3 Å². The van der Waals surface area contributed by atoms with Gasteiger partial charge in [0, 0.05) is 19.8 Å². The third-order valence-electron chi connectivity index (χ3n) is 2.50. The second-order valence-electron chi connectivity index (χ2n) is 4.10. The van der Waals surface area contributed by atoms with Gasteiger partial charge in [-0.25, -0.2) is 9.67 Å². The Morgan fingerprint density at radius 3 is 2.79 bits per heavy atom. The Balaban J connectivity index is 2.58. The lowest BCUT2D eigenvalue weighted by atomic mass is 10.1. The van der Waals surface area contributed by atoms with Crippen molar-refractivity contribution in [2.75, 3.05) is 19.8 Å². The van der Waals surface area contributed by atoms with E-state index in [9.17, 15) is 4.79 Å². The summed E-state index contributed by atoms with van der Waals surface area (Å²) in [5, 5.41) is 12.7. The Bertz CT molecular complexity index is 667. The quantitative estimate of drug-likeness (QED) is 0.785. The predicted molar refractivity (Wildman–Crippen MR) is 68.5 cm³/mol. The molecule has 7 nitrogen and oxygen atoms in total. The molecule has 0 spiro atoms. The fraction of sp³-hybridized carbons (Fsp3) is 0.167. The molecule has 0 aliphatic carbocycles. The highest BCUT2D eigenvalue weighted by molar-refractivity contribution is 5.98. The third-order valence-corrected chi connectivity index (χ3v) is 2.50. The van der Waals surface area contributed by atoms with Crippen molar-refractivity contribution in [3.8, 4) is 11.8 Å². The molecule has 0 aliphatic rings. The summed E-state index contributed by atoms with van der Waals surface area (Å²) >= 11 is 0. The van der Waals surface area contributed by atoms with Gasteiger partial charge < -0.3 is 10.6 Å². The maximum atomic E-state index is 12.1. The summed E-state index contributed by atoms with van der Waals surface area (Å²) in [5.74, 6) is -0.144. The minimum Gasteiger partial charge on any atom is -0.399 e. The van der Waals surface area contributed by atoms with E-state index >= 15 is 0 Å². The third kappa shape index (κ3) is 2.37. The Hall–Kier alpha value is -2.88. The molecule has 2 rings (SSSR count). The number of amides is 1. The first kappa shape index (κ1) is 12.6. The molecule has 0 saturated carbocycles. The van der Waals surface area contributed by atoms with Gasteiger partial charge in [-0.15, -0.1) is 5.10 Å². The van der Waals surface area contributed by atoms with Gasteiger partial charge in [-0.3, -0.25) is 4.79 Å². The lowest BCUT2D eigenvalue weighted by Gasteiger charge is -2.14. The zero-order valence-electron chi connectivity index (χ0n) is 10.5. The number of benzene rings is 1. The monoisotopic (exact) mass is 256 g/mol. The van der Waals surface area contributed by atoms with Gasteiger partial charge in [0.2, 0.25) is 0 Å². The Morgan fingerprint density at radius 1 is 1.47 bits per heavy atom. The predicted octanol–water partition coefficient (Wildman–Crippen LogP) is 0.423. The van der Waals surface area contributed by atoms with Crippen LogP contribution in [0.2, 0.25) is 0 Å². The van der Waals surface area contributed by atoms with Crippen molar-refractivity contribution >= 4 is 11.6 Å². The maximum absolute atomic E-state index is 12.1. The molecule has 96 valence electrons. The van der Waals surface area contributed by atoms with Crippen LogP contribution in [0, 0.1) is 11.3 Å². The van der Waals surface area contributed by atoms with Crippen LogP contribution in [0.5, 0.6) is 0 Å². The normalized spacial score (nSPS) is 9.95. The molecule has 1 amide bonds. The Labute approximate surface area is 109 Å². The van der Waals surface area contributed by atoms with E-state index in [0.717, 1.165) is 0 Å². The summed E-state index contributed by atoms with van der Waals surface area (Å²) in [6.07, 6.45) is 1.37. The summed E-state index contributed by atoms with van der Waals surface area (Å²) in [6.45, 7) is 0. The molecular formula is C12H12N6O. The number of aromatic nitrogens is 3. The van der Waals surface area contributed by atoms with E-state index in [4.69, 9.17) is 11.0 Å². The topological polar surface area (TPSA) is 101 Å². The van der Waals surface area contributed by atoms with Gasteiger partial charge >= 0.3 is 0 Å². The van der Waals surface area contributed by atoms with Crippen molar-refractivity contribution in [1.29, 1.82) is 5.26 Å². The van der Waals surface area contributed by atoms with Crippen LogP contribution >= 0.6 is 0 Å². The number of hydrogen-bond acceptors (Lipinski definition) is 5. The van der Waals surface area contributed by atoms with Crippen molar-refractivity contribution in [3.63, 3.8) is 0 Å². The standard InChI is InChI=1S/C12H12N6O/c1-17(2)12(19)9-4-3-8(14)5-10(9)18-7-15-11(6-13)16-18/h3-5,7H,14H2,1-2H3. The first-order valence-corrected chi connectivity index (χ1v) is 5.46. The lowest BCUT2D eigenvalue weighted by Crippen LogP contribution is -2.23. The van der Waals surface area contributed by atoms with Crippen molar-refractivity contribution in [3.05, 3.63) is 35.9 Å². The van der Waals surface area contributed by atoms with Crippen molar-refractivity contribution in [2.45, 2.75) is 0 Å². The number of rotatable bonds is 2. The molecule has 7 heteroatoms. The SMILES string of the molecule is CN(C)C(=O)c1ccc(N)cc1-n1cnc(C#N)n1. The summed E-state index contributed by atoms with van der Waals surface area (Å²) < 4.78 is 1.37. The van der Waals surface area contributed by atoms with Crippen LogP contribution < -0.4 is 5.73 Å². The molecule has 0 fully saturated rings. The molecule has 0 aliphatic heterocycles. The zero-order chi connectivity index (χ0) is 14.0. The summed E-state index contributed by atoms with van der Waals surface area (Å²) in [6, 6.07) is 6.72. The molecule has 0 saturated heterocycles. The largest absolute Gasteiger partial charge is 0.399 e. The number of carbonyl (C=O) groups excluding carboxylic acids is 1. The molecule has 0 radical (unpaired) electrons. The van der Waals surface area contributed by atoms with Gasteiger partial charge in [-0.2, -0.15) is 5.26 Å². The Kier molecular flexibility index (Phi) is 3.16. The molecule has 2 N–H and O–H groups in total. The van der Waals surface area contributed by atoms with Crippen molar-refractivity contribution < 1.29 is 4.79 Å². The van der Waals surface area contributed by atoms with Gasteiger partial charge in [0.1, 0.15) is 12.4 Å². The molecule has 0 unspecified atom stereocenters. The number of nitriles is 1. The summed E-state index contributed by atoms with van der Waals surface area (Å²) in [4.78, 5) is 17.4. The van der Waals surface area contributed by atoms with Gasteiger partial charge in [0.15, 0.2) is 0 Å². The highest BCUT2D eigenvalue weighted by Crippen LogP contribution is 2.18.